The summed E-state index contributed by atoms with van der Waals surface area (Å²) in [6.45, 7) is 1.20. The van der Waals surface area contributed by atoms with E-state index >= 15 is 0 Å². The van der Waals surface area contributed by atoms with E-state index in [1.165, 1.54) is 31.4 Å². The van der Waals surface area contributed by atoms with Gasteiger partial charge in [0.25, 0.3) is 5.91 Å². The molecule has 8 heteroatoms. The first-order chi connectivity index (χ1) is 13.9. The maximum Gasteiger partial charge on any atom is 0.251 e. The lowest BCUT2D eigenvalue weighted by Crippen LogP contribution is -2.24. The fourth-order valence-corrected chi connectivity index (χ4v) is 4.30. The van der Waals surface area contributed by atoms with Crippen LogP contribution < -0.4 is 10.2 Å². The Balaban J connectivity index is 1.57. The van der Waals surface area contributed by atoms with Gasteiger partial charge in [-0.05, 0) is 48.4 Å². The van der Waals surface area contributed by atoms with Crippen LogP contribution in [0.5, 0.6) is 0 Å². The Morgan fingerprint density at radius 1 is 1.10 bits per heavy atom. The van der Waals surface area contributed by atoms with Gasteiger partial charge < -0.3 is 15.0 Å². The quantitative estimate of drug-likeness (QED) is 0.712. The van der Waals surface area contributed by atoms with Gasteiger partial charge in [-0.1, -0.05) is 12.1 Å². The molecule has 1 N–H and O–H groups in total. The highest BCUT2D eigenvalue weighted by Gasteiger charge is 2.21. The highest BCUT2D eigenvalue weighted by molar-refractivity contribution is 7.91. The number of benzene rings is 2. The highest BCUT2D eigenvalue weighted by atomic mass is 32.2. The molecule has 154 valence electrons. The molecule has 0 aromatic heterocycles. The van der Waals surface area contributed by atoms with Gasteiger partial charge in [-0.2, -0.15) is 0 Å². The minimum atomic E-state index is -3.42. The molecule has 0 bridgehead atoms. The van der Waals surface area contributed by atoms with Crippen molar-refractivity contribution in [2.45, 2.75) is 24.3 Å². The van der Waals surface area contributed by atoms with E-state index in [1.807, 2.05) is 24.3 Å². The van der Waals surface area contributed by atoms with Gasteiger partial charge in [0, 0.05) is 37.9 Å². The third kappa shape index (κ3) is 5.21. The van der Waals surface area contributed by atoms with Crippen LogP contribution in [0, 0.1) is 0 Å². The third-order valence-corrected chi connectivity index (χ3v) is 6.50. The van der Waals surface area contributed by atoms with E-state index < -0.39 is 9.84 Å². The van der Waals surface area contributed by atoms with Crippen LogP contribution in [0.3, 0.4) is 0 Å². The van der Waals surface area contributed by atoms with E-state index in [0.717, 1.165) is 24.2 Å². The van der Waals surface area contributed by atoms with E-state index in [1.54, 1.807) is 4.90 Å². The van der Waals surface area contributed by atoms with Gasteiger partial charge in [0.1, 0.15) is 0 Å². The standard InChI is InChI=1S/C21H24N2O5S/c1-28-13-14-29(26,27)19-10-6-17(7-11-19)21(25)22-15-16-4-8-18(9-5-16)23-12-2-3-20(23)24/h4-11H,2-3,12-15H2,1H3,(H,22,25). The second-order valence-corrected chi connectivity index (χ2v) is 8.94. The van der Waals surface area contributed by atoms with Crippen molar-refractivity contribution < 1.29 is 22.7 Å². The molecule has 29 heavy (non-hydrogen) atoms. The zero-order chi connectivity index (χ0) is 20.9. The lowest BCUT2D eigenvalue weighted by Gasteiger charge is -2.16. The Hall–Kier alpha value is -2.71. The van der Waals surface area contributed by atoms with Gasteiger partial charge >= 0.3 is 0 Å². The van der Waals surface area contributed by atoms with Crippen molar-refractivity contribution in [1.29, 1.82) is 0 Å². The largest absolute Gasteiger partial charge is 0.384 e. The summed E-state index contributed by atoms with van der Waals surface area (Å²) in [4.78, 5) is 26.1. The van der Waals surface area contributed by atoms with Crippen LogP contribution in [0.15, 0.2) is 53.4 Å². The number of anilines is 1. The molecule has 2 aromatic carbocycles. The summed E-state index contributed by atoms with van der Waals surface area (Å²) in [7, 11) is -1.97. The van der Waals surface area contributed by atoms with Gasteiger partial charge in [0.05, 0.1) is 17.3 Å². The second kappa shape index (κ2) is 9.19. The average molecular weight is 416 g/mol. The zero-order valence-corrected chi connectivity index (χ0v) is 17.1. The van der Waals surface area contributed by atoms with Crippen molar-refractivity contribution in [1.82, 2.24) is 5.32 Å². The van der Waals surface area contributed by atoms with Crippen molar-refractivity contribution in [2.24, 2.45) is 0 Å². The number of ether oxygens (including phenoxy) is 1. The second-order valence-electron chi connectivity index (χ2n) is 6.83. The Morgan fingerprint density at radius 3 is 2.38 bits per heavy atom. The number of hydrogen-bond donors (Lipinski definition) is 1. The number of nitrogens with one attached hydrogen (secondary N) is 1. The first-order valence-electron chi connectivity index (χ1n) is 9.40. The van der Waals surface area contributed by atoms with E-state index in [9.17, 15) is 18.0 Å². The van der Waals surface area contributed by atoms with Crippen LogP contribution in [-0.2, 0) is 25.9 Å². The van der Waals surface area contributed by atoms with Gasteiger partial charge in [0.15, 0.2) is 9.84 Å². The van der Waals surface area contributed by atoms with Crippen LogP contribution in [0.2, 0.25) is 0 Å². The van der Waals surface area contributed by atoms with Crippen LogP contribution in [0.1, 0.15) is 28.8 Å². The number of carbonyl (C=O) groups is 2. The normalized spacial score (nSPS) is 14.2. The zero-order valence-electron chi connectivity index (χ0n) is 16.3. The smallest absolute Gasteiger partial charge is 0.251 e. The SMILES string of the molecule is COCCS(=O)(=O)c1ccc(C(=O)NCc2ccc(N3CCCC3=O)cc2)cc1. The molecule has 2 aromatic rings. The summed E-state index contributed by atoms with van der Waals surface area (Å²) < 4.78 is 29.1. The number of sulfone groups is 1. The molecule has 0 spiro atoms. The van der Waals surface area contributed by atoms with Crippen LogP contribution in [0.4, 0.5) is 5.69 Å². The van der Waals surface area contributed by atoms with Crippen LogP contribution in [-0.4, -0.2) is 46.2 Å². The predicted molar refractivity (Wildman–Crippen MR) is 110 cm³/mol. The number of rotatable bonds is 8. The van der Waals surface area contributed by atoms with E-state index in [2.05, 4.69) is 5.32 Å². The maximum absolute atomic E-state index is 12.3. The summed E-state index contributed by atoms with van der Waals surface area (Å²) in [6.07, 6.45) is 1.47. The molecule has 1 saturated heterocycles. The molecule has 0 atom stereocenters. The Labute approximate surface area is 170 Å². The first kappa shape index (κ1) is 21.0. The fraction of sp³-hybridized carbons (Fsp3) is 0.333. The summed E-state index contributed by atoms with van der Waals surface area (Å²) in [6, 6.07) is 13.4. The van der Waals surface area contributed by atoms with Crippen molar-refractivity contribution in [3.05, 3.63) is 59.7 Å². The third-order valence-electron chi connectivity index (χ3n) is 4.81. The summed E-state index contributed by atoms with van der Waals surface area (Å²) in [5.41, 5.74) is 2.16. The molecule has 0 unspecified atom stereocenters. The molecule has 0 radical (unpaired) electrons. The summed E-state index contributed by atoms with van der Waals surface area (Å²) in [5, 5.41) is 2.82. The molecule has 0 saturated carbocycles. The Bertz CT molecular complexity index is 969. The number of hydrogen-bond acceptors (Lipinski definition) is 5. The van der Waals surface area contributed by atoms with Gasteiger partial charge in [0.2, 0.25) is 5.91 Å². The number of nitrogens with zero attached hydrogens (tertiary/aromatic N) is 1. The van der Waals surface area contributed by atoms with E-state index in [0.29, 0.717) is 18.5 Å². The fourth-order valence-electron chi connectivity index (χ4n) is 3.12. The van der Waals surface area contributed by atoms with Gasteiger partial charge in [-0.25, -0.2) is 8.42 Å². The van der Waals surface area contributed by atoms with Crippen LogP contribution >= 0.6 is 0 Å². The van der Waals surface area contributed by atoms with Crippen molar-refractivity contribution in [3.8, 4) is 0 Å². The highest BCUT2D eigenvalue weighted by Crippen LogP contribution is 2.21. The molecule has 1 fully saturated rings. The first-order valence-corrected chi connectivity index (χ1v) is 11.1. The summed E-state index contributed by atoms with van der Waals surface area (Å²) in [5.74, 6) is -0.253. The predicted octanol–water partition coefficient (Wildman–Crippen LogP) is 2.16. The molecular weight excluding hydrogens is 392 g/mol. The summed E-state index contributed by atoms with van der Waals surface area (Å²) >= 11 is 0. The molecular formula is C21H24N2O5S. The monoisotopic (exact) mass is 416 g/mol. The van der Waals surface area contributed by atoms with Crippen molar-refractivity contribution in [2.75, 3.05) is 30.9 Å². The Morgan fingerprint density at radius 2 is 1.79 bits per heavy atom. The maximum atomic E-state index is 12.3. The van der Waals surface area contributed by atoms with E-state index in [-0.39, 0.29) is 29.1 Å². The molecule has 0 aliphatic carbocycles. The molecule has 1 aliphatic heterocycles. The number of carbonyl (C=O) groups excluding carboxylic acids is 2. The molecule has 1 aliphatic rings. The van der Waals surface area contributed by atoms with Crippen molar-refractivity contribution in [3.63, 3.8) is 0 Å². The van der Waals surface area contributed by atoms with E-state index in [4.69, 9.17) is 4.74 Å². The van der Waals surface area contributed by atoms with Crippen molar-refractivity contribution >= 4 is 27.3 Å². The minimum Gasteiger partial charge on any atom is -0.384 e. The van der Waals surface area contributed by atoms with Gasteiger partial charge in [-0.15, -0.1) is 0 Å². The van der Waals surface area contributed by atoms with Crippen LogP contribution in [0.25, 0.3) is 0 Å². The lowest BCUT2D eigenvalue weighted by molar-refractivity contribution is -0.117. The molecule has 1 heterocycles. The average Bonchev–Trinajstić information content (AvgIpc) is 3.17. The lowest BCUT2D eigenvalue weighted by atomic mass is 10.1. The minimum absolute atomic E-state index is 0.103. The number of methoxy groups -OCH3 is 1. The molecule has 7 nitrogen and oxygen atoms in total. The molecule has 3 rings (SSSR count). The Kier molecular flexibility index (Phi) is 6.66. The number of amides is 2. The van der Waals surface area contributed by atoms with Gasteiger partial charge in [-0.3, -0.25) is 9.59 Å². The topological polar surface area (TPSA) is 92.8 Å². The molecule has 2 amide bonds.